The highest BCUT2D eigenvalue weighted by atomic mass is 32.1. The molecule has 3 N–H and O–H groups in total. The van der Waals surface area contributed by atoms with Crippen LogP contribution in [-0.4, -0.2) is 61.0 Å². The molecule has 3 heterocycles. The van der Waals surface area contributed by atoms with Crippen LogP contribution in [0, 0.1) is 12.8 Å². The van der Waals surface area contributed by atoms with E-state index in [1.54, 1.807) is 23.2 Å². The Kier molecular flexibility index (Phi) is 7.61. The van der Waals surface area contributed by atoms with E-state index in [1.807, 2.05) is 74.8 Å². The maximum absolute atomic E-state index is 14.0. The minimum atomic E-state index is -1.18. The van der Waals surface area contributed by atoms with Crippen molar-refractivity contribution in [1.82, 2.24) is 20.1 Å². The number of hydrogen-bond acceptors (Lipinski definition) is 7. The highest BCUT2D eigenvalue weighted by Gasteiger charge is 2.49. The van der Waals surface area contributed by atoms with Crippen molar-refractivity contribution in [2.45, 2.75) is 71.1 Å². The van der Waals surface area contributed by atoms with Gasteiger partial charge >= 0.3 is 0 Å². The molecule has 1 saturated heterocycles. The van der Waals surface area contributed by atoms with Gasteiger partial charge in [0, 0.05) is 19.5 Å². The fourth-order valence-corrected chi connectivity index (χ4v) is 6.63. The number of aliphatic hydroxyl groups excluding tert-OH is 1. The molecule has 2 aliphatic heterocycles. The standard InChI is InChI=1S/C30H36N4O4S/c1-18(2)25(33-15-22-7-5-6-8-23(22)28(33)36)29(37)34-16-30(4,38)13-24(34)27(35)31-14-20-9-11-21(12-10-20)26-19(3)32-17-39-26/h5-12,17-18,24-25,28,36,38H,13-16H2,1-4H3,(H,31,35)/t24-,25-,28?,30+/m0/s1. The average molecular weight is 549 g/mol. The minimum absolute atomic E-state index is 0.0624. The normalized spacial score (nSPS) is 23.7. The molecule has 1 unspecified atom stereocenters. The number of fused-ring (bicyclic) bond motifs is 1. The Morgan fingerprint density at radius 3 is 2.54 bits per heavy atom. The zero-order valence-corrected chi connectivity index (χ0v) is 23.6. The zero-order chi connectivity index (χ0) is 27.9. The molecule has 206 valence electrons. The summed E-state index contributed by atoms with van der Waals surface area (Å²) < 4.78 is 0. The second-order valence-electron chi connectivity index (χ2n) is 11.3. The fraction of sp³-hybridized carbons (Fsp3) is 0.433. The number of amides is 2. The molecule has 0 radical (unpaired) electrons. The predicted molar refractivity (Wildman–Crippen MR) is 150 cm³/mol. The van der Waals surface area contributed by atoms with Crippen LogP contribution in [0.3, 0.4) is 0 Å². The average Bonchev–Trinajstić information content (AvgIpc) is 3.58. The van der Waals surface area contributed by atoms with Gasteiger partial charge in [-0.1, -0.05) is 62.4 Å². The summed E-state index contributed by atoms with van der Waals surface area (Å²) in [7, 11) is 0. The van der Waals surface area contributed by atoms with E-state index >= 15 is 0 Å². The second kappa shape index (κ2) is 10.8. The highest BCUT2D eigenvalue weighted by Crippen LogP contribution is 2.37. The number of aliphatic hydroxyl groups is 2. The summed E-state index contributed by atoms with van der Waals surface area (Å²) in [6.07, 6.45) is -0.744. The van der Waals surface area contributed by atoms with Crippen LogP contribution in [0.5, 0.6) is 0 Å². The van der Waals surface area contributed by atoms with Gasteiger partial charge < -0.3 is 20.4 Å². The number of thiazole rings is 1. The van der Waals surface area contributed by atoms with Gasteiger partial charge in [-0.25, -0.2) is 4.98 Å². The van der Waals surface area contributed by atoms with Crippen molar-refractivity contribution in [3.05, 3.63) is 76.4 Å². The molecule has 2 aliphatic rings. The molecule has 5 rings (SSSR count). The molecule has 0 spiro atoms. The van der Waals surface area contributed by atoms with Crippen molar-refractivity contribution >= 4 is 23.2 Å². The SMILES string of the molecule is Cc1ncsc1-c1ccc(CNC(=O)[C@@H]2C[C@@](C)(O)CN2C(=O)[C@H](C(C)C)N2Cc3ccccc3C2O)cc1. The molecule has 0 bridgehead atoms. The molecule has 0 aliphatic carbocycles. The van der Waals surface area contributed by atoms with Crippen LogP contribution < -0.4 is 5.32 Å². The van der Waals surface area contributed by atoms with E-state index in [1.165, 1.54) is 4.90 Å². The zero-order valence-electron chi connectivity index (χ0n) is 22.8. The lowest BCUT2D eigenvalue weighted by Crippen LogP contribution is -2.55. The maximum Gasteiger partial charge on any atom is 0.243 e. The summed E-state index contributed by atoms with van der Waals surface area (Å²) in [4.78, 5) is 36.1. The van der Waals surface area contributed by atoms with Gasteiger partial charge in [-0.3, -0.25) is 14.5 Å². The number of benzene rings is 2. The largest absolute Gasteiger partial charge is 0.388 e. The Labute approximate surface area is 233 Å². The summed E-state index contributed by atoms with van der Waals surface area (Å²) in [6, 6.07) is 14.2. The molecular formula is C30H36N4O4S. The molecule has 8 nitrogen and oxygen atoms in total. The minimum Gasteiger partial charge on any atom is -0.388 e. The first kappa shape index (κ1) is 27.5. The first-order valence-electron chi connectivity index (χ1n) is 13.4. The van der Waals surface area contributed by atoms with Crippen molar-refractivity contribution in [3.63, 3.8) is 0 Å². The van der Waals surface area contributed by atoms with Crippen LogP contribution >= 0.6 is 11.3 Å². The smallest absolute Gasteiger partial charge is 0.243 e. The summed E-state index contributed by atoms with van der Waals surface area (Å²) in [6.45, 7) is 8.35. The quantitative estimate of drug-likeness (QED) is 0.417. The molecule has 2 amide bonds. The molecule has 0 saturated carbocycles. The lowest BCUT2D eigenvalue weighted by atomic mass is 10.00. The third-order valence-corrected chi connectivity index (χ3v) is 8.75. The lowest BCUT2D eigenvalue weighted by molar-refractivity contribution is -0.149. The number of rotatable bonds is 7. The lowest BCUT2D eigenvalue weighted by Gasteiger charge is -2.36. The Hall–Kier alpha value is -3.11. The number of nitrogens with zero attached hydrogens (tertiary/aromatic N) is 3. The van der Waals surface area contributed by atoms with Gasteiger partial charge in [0.1, 0.15) is 12.3 Å². The van der Waals surface area contributed by atoms with Gasteiger partial charge in [-0.2, -0.15) is 0 Å². The maximum atomic E-state index is 14.0. The molecule has 1 fully saturated rings. The third-order valence-electron chi connectivity index (χ3n) is 7.78. The first-order chi connectivity index (χ1) is 18.6. The van der Waals surface area contributed by atoms with E-state index in [0.717, 1.165) is 32.8 Å². The highest BCUT2D eigenvalue weighted by molar-refractivity contribution is 7.13. The molecular weight excluding hydrogens is 512 g/mol. The predicted octanol–water partition coefficient (Wildman–Crippen LogP) is 3.62. The summed E-state index contributed by atoms with van der Waals surface area (Å²) in [5.41, 5.74) is 5.45. The molecule has 1 aromatic heterocycles. The van der Waals surface area contributed by atoms with E-state index < -0.39 is 23.9 Å². The summed E-state index contributed by atoms with van der Waals surface area (Å²) in [5.74, 6) is -0.660. The van der Waals surface area contributed by atoms with Gasteiger partial charge in [-0.05, 0) is 42.0 Å². The first-order valence-corrected chi connectivity index (χ1v) is 14.3. The van der Waals surface area contributed by atoms with Crippen molar-refractivity contribution in [2.75, 3.05) is 6.54 Å². The van der Waals surface area contributed by atoms with E-state index in [-0.39, 0.29) is 30.7 Å². The number of nitrogens with one attached hydrogen (secondary N) is 1. The second-order valence-corrected chi connectivity index (χ2v) is 12.2. The monoisotopic (exact) mass is 548 g/mol. The summed E-state index contributed by atoms with van der Waals surface area (Å²) >= 11 is 1.59. The van der Waals surface area contributed by atoms with Gasteiger partial charge in [0.2, 0.25) is 11.8 Å². The van der Waals surface area contributed by atoms with Crippen LogP contribution in [0.1, 0.15) is 55.8 Å². The number of carbonyl (C=O) groups is 2. The van der Waals surface area contributed by atoms with Gasteiger partial charge in [0.25, 0.3) is 0 Å². The number of β-amino-alcohol motifs (C(OH)–C–C–N with tert-alkyl or cyclic N) is 1. The van der Waals surface area contributed by atoms with E-state index in [9.17, 15) is 19.8 Å². The number of aryl methyl sites for hydroxylation is 1. The van der Waals surface area contributed by atoms with Crippen molar-refractivity contribution in [1.29, 1.82) is 0 Å². The Morgan fingerprint density at radius 2 is 1.90 bits per heavy atom. The topological polar surface area (TPSA) is 106 Å². The molecule has 2 aromatic carbocycles. The number of aromatic nitrogens is 1. The van der Waals surface area contributed by atoms with E-state index in [2.05, 4.69) is 10.3 Å². The van der Waals surface area contributed by atoms with Crippen molar-refractivity contribution in [3.8, 4) is 10.4 Å². The van der Waals surface area contributed by atoms with Gasteiger partial charge in [0.15, 0.2) is 0 Å². The van der Waals surface area contributed by atoms with Crippen LogP contribution in [0.25, 0.3) is 10.4 Å². The Bertz CT molecular complexity index is 1350. The molecule has 3 aromatic rings. The third kappa shape index (κ3) is 5.49. The van der Waals surface area contributed by atoms with Crippen LogP contribution in [0.2, 0.25) is 0 Å². The van der Waals surface area contributed by atoms with Gasteiger partial charge in [-0.15, -0.1) is 11.3 Å². The van der Waals surface area contributed by atoms with E-state index in [0.29, 0.717) is 13.1 Å². The van der Waals surface area contributed by atoms with E-state index in [4.69, 9.17) is 0 Å². The number of likely N-dealkylation sites (tertiary alicyclic amines) is 1. The van der Waals surface area contributed by atoms with Crippen LogP contribution in [0.15, 0.2) is 54.0 Å². The van der Waals surface area contributed by atoms with Crippen LogP contribution in [0.4, 0.5) is 0 Å². The molecule has 9 heteroatoms. The van der Waals surface area contributed by atoms with Gasteiger partial charge in [0.05, 0.1) is 34.3 Å². The molecule has 4 atom stereocenters. The summed E-state index contributed by atoms with van der Waals surface area (Å²) in [5, 5.41) is 24.9. The van der Waals surface area contributed by atoms with Crippen LogP contribution in [-0.2, 0) is 22.7 Å². The Balaban J connectivity index is 1.29. The number of hydrogen-bond donors (Lipinski definition) is 3. The van der Waals surface area contributed by atoms with Crippen molar-refractivity contribution in [2.24, 2.45) is 5.92 Å². The number of carbonyl (C=O) groups excluding carboxylic acids is 2. The molecule has 39 heavy (non-hydrogen) atoms. The Morgan fingerprint density at radius 1 is 1.18 bits per heavy atom. The van der Waals surface area contributed by atoms with Crippen molar-refractivity contribution < 1.29 is 19.8 Å². The fourth-order valence-electron chi connectivity index (χ4n) is 5.82.